The molecule has 0 spiro atoms. The Morgan fingerprint density at radius 1 is 1.19 bits per heavy atom. The summed E-state index contributed by atoms with van der Waals surface area (Å²) in [6.45, 7) is 1.97. The third-order valence-electron chi connectivity index (χ3n) is 3.90. The van der Waals surface area contributed by atoms with Gasteiger partial charge in [-0.25, -0.2) is 14.6 Å². The molecule has 0 saturated heterocycles. The number of aryl methyl sites for hydroxylation is 1. The lowest BCUT2D eigenvalue weighted by Crippen LogP contribution is -2.33. The quantitative estimate of drug-likeness (QED) is 0.933. The first-order valence-electron chi connectivity index (χ1n) is 7.31. The molecule has 0 bridgehead atoms. The summed E-state index contributed by atoms with van der Waals surface area (Å²) < 4.78 is 1.61. The van der Waals surface area contributed by atoms with Gasteiger partial charge in [0.15, 0.2) is 0 Å². The van der Waals surface area contributed by atoms with Crippen molar-refractivity contribution in [3.8, 4) is 0 Å². The maximum Gasteiger partial charge on any atom is 0.266 e. The predicted molar refractivity (Wildman–Crippen MR) is 80.2 cm³/mol. The Morgan fingerprint density at radius 2 is 1.90 bits per heavy atom. The van der Waals surface area contributed by atoms with Crippen LogP contribution in [0, 0.1) is 6.92 Å². The first-order valence-corrected chi connectivity index (χ1v) is 7.31. The van der Waals surface area contributed by atoms with Crippen LogP contribution in [0.2, 0.25) is 0 Å². The van der Waals surface area contributed by atoms with Crippen molar-refractivity contribution in [1.29, 1.82) is 0 Å². The van der Waals surface area contributed by atoms with E-state index in [0.717, 1.165) is 31.2 Å². The van der Waals surface area contributed by atoms with Crippen molar-refractivity contribution < 1.29 is 0 Å². The number of anilines is 1. The molecule has 6 heteroatoms. The predicted octanol–water partition coefficient (Wildman–Crippen LogP) is 1.94. The molecule has 2 aromatic heterocycles. The van der Waals surface area contributed by atoms with Gasteiger partial charge in [-0.1, -0.05) is 0 Å². The number of nitrogens with one attached hydrogen (secondary N) is 1. The standard InChI is InChI=1S/C15H19N5O/c1-11-9-16-15(17-10-11)19-12-4-6-13(7-5-12)20-14(21)3-2-8-18-20/h2-3,8-10,12-13H,4-7H2,1H3,(H,16,17,19). The Labute approximate surface area is 123 Å². The minimum atomic E-state index is -0.0178. The molecule has 2 heterocycles. The van der Waals surface area contributed by atoms with Crippen LogP contribution in [0.4, 0.5) is 5.95 Å². The SMILES string of the molecule is Cc1cnc(NC2CCC(n3ncccc3=O)CC2)nc1. The summed E-state index contributed by atoms with van der Waals surface area (Å²) >= 11 is 0. The van der Waals surface area contributed by atoms with Gasteiger partial charge in [-0.05, 0) is 44.2 Å². The smallest absolute Gasteiger partial charge is 0.266 e. The van der Waals surface area contributed by atoms with E-state index >= 15 is 0 Å². The van der Waals surface area contributed by atoms with Gasteiger partial charge in [-0.2, -0.15) is 5.10 Å². The zero-order chi connectivity index (χ0) is 14.7. The molecular weight excluding hydrogens is 266 g/mol. The Morgan fingerprint density at radius 3 is 2.57 bits per heavy atom. The van der Waals surface area contributed by atoms with Gasteiger partial charge >= 0.3 is 0 Å². The summed E-state index contributed by atoms with van der Waals surface area (Å²) in [6.07, 6.45) is 9.17. The summed E-state index contributed by atoms with van der Waals surface area (Å²) in [7, 11) is 0. The van der Waals surface area contributed by atoms with E-state index in [1.165, 1.54) is 0 Å². The second-order valence-electron chi connectivity index (χ2n) is 5.54. The molecule has 3 rings (SSSR count). The summed E-state index contributed by atoms with van der Waals surface area (Å²) in [5, 5.41) is 7.54. The summed E-state index contributed by atoms with van der Waals surface area (Å²) in [5.41, 5.74) is 1.04. The number of hydrogen-bond acceptors (Lipinski definition) is 5. The molecule has 21 heavy (non-hydrogen) atoms. The number of aromatic nitrogens is 4. The molecule has 0 aromatic carbocycles. The van der Waals surface area contributed by atoms with Crippen molar-refractivity contribution in [2.45, 2.75) is 44.7 Å². The first kappa shape index (κ1) is 13.7. The lowest BCUT2D eigenvalue weighted by Gasteiger charge is -2.29. The van der Waals surface area contributed by atoms with Crippen LogP contribution in [-0.4, -0.2) is 25.8 Å². The number of hydrogen-bond donors (Lipinski definition) is 1. The second kappa shape index (κ2) is 6.03. The van der Waals surface area contributed by atoms with Crippen molar-refractivity contribution in [1.82, 2.24) is 19.7 Å². The van der Waals surface area contributed by atoms with E-state index < -0.39 is 0 Å². The van der Waals surface area contributed by atoms with Gasteiger partial charge < -0.3 is 5.32 Å². The van der Waals surface area contributed by atoms with Gasteiger partial charge in [-0.15, -0.1) is 0 Å². The molecular formula is C15H19N5O. The Hall–Kier alpha value is -2.24. The molecule has 1 aliphatic rings. The van der Waals surface area contributed by atoms with E-state index in [0.29, 0.717) is 12.0 Å². The Bertz CT molecular complexity index is 644. The third-order valence-corrected chi connectivity index (χ3v) is 3.90. The highest BCUT2D eigenvalue weighted by Gasteiger charge is 2.23. The molecule has 0 radical (unpaired) electrons. The molecule has 110 valence electrons. The fourth-order valence-electron chi connectivity index (χ4n) is 2.76. The third kappa shape index (κ3) is 3.26. The summed E-state index contributed by atoms with van der Waals surface area (Å²) in [4.78, 5) is 20.3. The highest BCUT2D eigenvalue weighted by Crippen LogP contribution is 2.28. The van der Waals surface area contributed by atoms with E-state index in [2.05, 4.69) is 20.4 Å². The number of rotatable bonds is 3. The molecule has 1 fully saturated rings. The van der Waals surface area contributed by atoms with Crippen LogP contribution in [-0.2, 0) is 0 Å². The van der Waals surface area contributed by atoms with E-state index in [1.807, 2.05) is 19.3 Å². The lowest BCUT2D eigenvalue weighted by molar-refractivity contribution is 0.303. The van der Waals surface area contributed by atoms with Crippen molar-refractivity contribution in [3.05, 3.63) is 46.6 Å². The van der Waals surface area contributed by atoms with Crippen LogP contribution >= 0.6 is 0 Å². The molecule has 1 N–H and O–H groups in total. The van der Waals surface area contributed by atoms with Crippen molar-refractivity contribution in [3.63, 3.8) is 0 Å². The van der Waals surface area contributed by atoms with Gasteiger partial charge in [-0.3, -0.25) is 4.79 Å². The zero-order valence-corrected chi connectivity index (χ0v) is 12.1. The largest absolute Gasteiger partial charge is 0.351 e. The van der Waals surface area contributed by atoms with Gasteiger partial charge in [0.2, 0.25) is 5.95 Å². The molecule has 0 aliphatic heterocycles. The monoisotopic (exact) mass is 285 g/mol. The molecule has 0 atom stereocenters. The van der Waals surface area contributed by atoms with E-state index in [1.54, 1.807) is 23.0 Å². The maximum atomic E-state index is 11.8. The summed E-state index contributed by atoms with van der Waals surface area (Å²) in [5.74, 6) is 0.680. The van der Waals surface area contributed by atoms with Crippen LogP contribution in [0.3, 0.4) is 0 Å². The highest BCUT2D eigenvalue weighted by molar-refractivity contribution is 5.26. The van der Waals surface area contributed by atoms with Crippen molar-refractivity contribution >= 4 is 5.95 Å². The minimum Gasteiger partial charge on any atom is -0.351 e. The van der Waals surface area contributed by atoms with Crippen LogP contribution < -0.4 is 10.9 Å². The van der Waals surface area contributed by atoms with Gasteiger partial charge in [0.25, 0.3) is 5.56 Å². The maximum absolute atomic E-state index is 11.8. The minimum absolute atomic E-state index is 0.0178. The van der Waals surface area contributed by atoms with Gasteiger partial charge in [0.1, 0.15) is 0 Å². The van der Waals surface area contributed by atoms with Crippen LogP contribution in [0.25, 0.3) is 0 Å². The van der Waals surface area contributed by atoms with E-state index in [4.69, 9.17) is 0 Å². The topological polar surface area (TPSA) is 72.7 Å². The average molecular weight is 285 g/mol. The van der Waals surface area contributed by atoms with Crippen LogP contribution in [0.1, 0.15) is 37.3 Å². The molecule has 2 aromatic rings. The summed E-state index contributed by atoms with van der Waals surface area (Å²) in [6, 6.07) is 3.82. The Balaban J connectivity index is 1.59. The van der Waals surface area contributed by atoms with E-state index in [9.17, 15) is 4.79 Å². The molecule has 1 aliphatic carbocycles. The average Bonchev–Trinajstić information content (AvgIpc) is 2.51. The molecule has 0 unspecified atom stereocenters. The van der Waals surface area contributed by atoms with Crippen LogP contribution in [0.15, 0.2) is 35.5 Å². The fraction of sp³-hybridized carbons (Fsp3) is 0.467. The fourth-order valence-corrected chi connectivity index (χ4v) is 2.76. The lowest BCUT2D eigenvalue weighted by atomic mass is 9.91. The second-order valence-corrected chi connectivity index (χ2v) is 5.54. The number of nitrogens with zero attached hydrogens (tertiary/aromatic N) is 4. The van der Waals surface area contributed by atoms with Gasteiger partial charge in [0.05, 0.1) is 6.04 Å². The molecule has 0 amide bonds. The van der Waals surface area contributed by atoms with Crippen molar-refractivity contribution in [2.24, 2.45) is 0 Å². The normalized spacial score (nSPS) is 22.0. The van der Waals surface area contributed by atoms with Gasteiger partial charge in [0, 0.05) is 30.7 Å². The Kier molecular flexibility index (Phi) is 3.94. The molecule has 1 saturated carbocycles. The molecule has 6 nitrogen and oxygen atoms in total. The zero-order valence-electron chi connectivity index (χ0n) is 12.1. The highest BCUT2D eigenvalue weighted by atomic mass is 16.1. The first-order chi connectivity index (χ1) is 10.2. The van der Waals surface area contributed by atoms with E-state index in [-0.39, 0.29) is 11.6 Å². The van der Waals surface area contributed by atoms with Crippen LogP contribution in [0.5, 0.6) is 0 Å². The van der Waals surface area contributed by atoms with Crippen molar-refractivity contribution in [2.75, 3.05) is 5.32 Å².